The van der Waals surface area contributed by atoms with Gasteiger partial charge in [-0.1, -0.05) is 20.8 Å². The number of ketones is 1. The van der Waals surface area contributed by atoms with Gasteiger partial charge in [-0.25, -0.2) is 5.53 Å². The van der Waals surface area contributed by atoms with Crippen molar-refractivity contribution in [2.45, 2.75) is 20.8 Å². The van der Waals surface area contributed by atoms with E-state index in [4.69, 9.17) is 11.3 Å². The van der Waals surface area contributed by atoms with Crippen LogP contribution in [0.25, 0.3) is 0 Å². The van der Waals surface area contributed by atoms with Gasteiger partial charge in [-0.2, -0.15) is 5.11 Å². The van der Waals surface area contributed by atoms with Crippen molar-refractivity contribution >= 4 is 17.2 Å². The number of nitrogens with zero attached hydrogens (tertiary/aromatic N) is 1. The second-order valence-corrected chi connectivity index (χ2v) is 4.46. The van der Waals surface area contributed by atoms with Crippen LogP contribution in [-0.2, 0) is 0 Å². The molecule has 0 spiro atoms. The Morgan fingerprint density at radius 1 is 1.40 bits per heavy atom. The fraction of sp³-hybridized carbons (Fsp3) is 0.364. The SMILES string of the molecule is CC(C)(C)C(=O)c1ccc(N=N)c(N)c1. The van der Waals surface area contributed by atoms with E-state index in [1.807, 2.05) is 20.8 Å². The second-order valence-electron chi connectivity index (χ2n) is 4.46. The highest BCUT2D eigenvalue weighted by atomic mass is 16.1. The summed E-state index contributed by atoms with van der Waals surface area (Å²) in [7, 11) is 0. The van der Waals surface area contributed by atoms with Crippen molar-refractivity contribution in [2.24, 2.45) is 10.5 Å². The maximum atomic E-state index is 11.9. The van der Waals surface area contributed by atoms with Crippen molar-refractivity contribution in [3.05, 3.63) is 23.8 Å². The van der Waals surface area contributed by atoms with Gasteiger partial charge in [-0.05, 0) is 18.2 Å². The van der Waals surface area contributed by atoms with Crippen LogP contribution >= 0.6 is 0 Å². The highest BCUT2D eigenvalue weighted by Crippen LogP contribution is 2.27. The predicted molar refractivity (Wildman–Crippen MR) is 59.4 cm³/mol. The van der Waals surface area contributed by atoms with E-state index >= 15 is 0 Å². The standard InChI is InChI=1S/C11H15N3O/c1-11(2,3)10(15)7-4-5-9(14-13)8(12)6-7/h4-6,13H,12H2,1-3H3. The summed E-state index contributed by atoms with van der Waals surface area (Å²) in [6.07, 6.45) is 0. The number of Topliss-reactive ketones (excluding diaryl/α,β-unsaturated/α-hetero) is 1. The molecule has 80 valence electrons. The Labute approximate surface area is 89.0 Å². The van der Waals surface area contributed by atoms with Crippen LogP contribution in [0.1, 0.15) is 31.1 Å². The van der Waals surface area contributed by atoms with E-state index < -0.39 is 5.41 Å². The average molecular weight is 205 g/mol. The Balaban J connectivity index is 3.14. The molecule has 0 bridgehead atoms. The summed E-state index contributed by atoms with van der Waals surface area (Å²) in [5.41, 5.74) is 13.4. The molecule has 1 aromatic rings. The molecule has 0 aliphatic heterocycles. The average Bonchev–Trinajstić information content (AvgIpc) is 2.15. The highest BCUT2D eigenvalue weighted by molar-refractivity contribution is 6.01. The Morgan fingerprint density at radius 3 is 2.40 bits per heavy atom. The van der Waals surface area contributed by atoms with Gasteiger partial charge >= 0.3 is 0 Å². The number of nitrogen functional groups attached to an aromatic ring is 1. The minimum Gasteiger partial charge on any atom is -0.397 e. The molecule has 0 atom stereocenters. The lowest BCUT2D eigenvalue weighted by Crippen LogP contribution is -2.20. The minimum absolute atomic E-state index is 0.0331. The van der Waals surface area contributed by atoms with Gasteiger partial charge in [0.1, 0.15) is 5.69 Å². The van der Waals surface area contributed by atoms with Gasteiger partial charge in [-0.3, -0.25) is 4.79 Å². The largest absolute Gasteiger partial charge is 0.397 e. The van der Waals surface area contributed by atoms with Crippen LogP contribution in [-0.4, -0.2) is 5.78 Å². The first-order valence-electron chi connectivity index (χ1n) is 4.68. The van der Waals surface area contributed by atoms with E-state index in [0.29, 0.717) is 16.9 Å². The summed E-state index contributed by atoms with van der Waals surface area (Å²) >= 11 is 0. The Morgan fingerprint density at radius 2 is 2.00 bits per heavy atom. The lowest BCUT2D eigenvalue weighted by molar-refractivity contribution is 0.0858. The van der Waals surface area contributed by atoms with Crippen molar-refractivity contribution in [3.63, 3.8) is 0 Å². The quantitative estimate of drug-likeness (QED) is 0.442. The van der Waals surface area contributed by atoms with Crippen molar-refractivity contribution < 1.29 is 4.79 Å². The van der Waals surface area contributed by atoms with Crippen LogP contribution in [0.15, 0.2) is 23.3 Å². The number of nitrogens with two attached hydrogens (primary N) is 1. The van der Waals surface area contributed by atoms with Crippen LogP contribution in [0.3, 0.4) is 0 Å². The normalized spacial score (nSPS) is 11.1. The molecule has 0 fully saturated rings. The molecule has 4 nitrogen and oxygen atoms in total. The maximum absolute atomic E-state index is 11.9. The van der Waals surface area contributed by atoms with E-state index in [9.17, 15) is 4.79 Å². The zero-order valence-electron chi connectivity index (χ0n) is 9.16. The van der Waals surface area contributed by atoms with E-state index in [1.54, 1.807) is 18.2 Å². The van der Waals surface area contributed by atoms with Gasteiger partial charge in [0.2, 0.25) is 0 Å². The van der Waals surface area contributed by atoms with Crippen molar-refractivity contribution in [1.29, 1.82) is 5.53 Å². The molecule has 0 aliphatic carbocycles. The number of hydrogen-bond acceptors (Lipinski definition) is 4. The smallest absolute Gasteiger partial charge is 0.168 e. The van der Waals surface area contributed by atoms with E-state index in [1.165, 1.54) is 0 Å². The van der Waals surface area contributed by atoms with Gasteiger partial charge < -0.3 is 5.73 Å². The first-order chi connectivity index (χ1) is 6.86. The minimum atomic E-state index is -0.425. The van der Waals surface area contributed by atoms with E-state index in [-0.39, 0.29) is 5.78 Å². The molecule has 0 unspecified atom stereocenters. The van der Waals surface area contributed by atoms with E-state index in [2.05, 4.69) is 5.11 Å². The Hall–Kier alpha value is -1.71. The van der Waals surface area contributed by atoms with Gasteiger partial charge in [0, 0.05) is 11.0 Å². The first kappa shape index (κ1) is 11.4. The molecule has 3 N–H and O–H groups in total. The topological polar surface area (TPSA) is 79.3 Å². The number of hydrogen-bond donors (Lipinski definition) is 2. The maximum Gasteiger partial charge on any atom is 0.168 e. The third-order valence-corrected chi connectivity index (χ3v) is 2.09. The molecule has 0 aromatic heterocycles. The molecular formula is C11H15N3O. The van der Waals surface area contributed by atoms with Gasteiger partial charge in [0.25, 0.3) is 0 Å². The highest BCUT2D eigenvalue weighted by Gasteiger charge is 2.23. The zero-order chi connectivity index (χ0) is 11.6. The molecule has 0 radical (unpaired) electrons. The molecule has 15 heavy (non-hydrogen) atoms. The molecular weight excluding hydrogens is 190 g/mol. The molecule has 1 aromatic carbocycles. The molecule has 1 rings (SSSR count). The molecule has 0 heterocycles. The van der Waals surface area contributed by atoms with Crippen molar-refractivity contribution in [2.75, 3.05) is 5.73 Å². The number of anilines is 1. The molecule has 0 amide bonds. The fourth-order valence-electron chi connectivity index (χ4n) is 1.23. The molecule has 4 heteroatoms. The van der Waals surface area contributed by atoms with Crippen LogP contribution < -0.4 is 5.73 Å². The zero-order valence-corrected chi connectivity index (χ0v) is 9.16. The number of rotatable bonds is 2. The van der Waals surface area contributed by atoms with Crippen LogP contribution in [0, 0.1) is 10.9 Å². The van der Waals surface area contributed by atoms with E-state index in [0.717, 1.165) is 0 Å². The summed E-state index contributed by atoms with van der Waals surface area (Å²) in [6.45, 7) is 5.57. The third kappa shape index (κ3) is 2.40. The number of carbonyl (C=O) groups is 1. The van der Waals surface area contributed by atoms with Crippen molar-refractivity contribution in [3.8, 4) is 0 Å². The fourth-order valence-corrected chi connectivity index (χ4v) is 1.23. The monoisotopic (exact) mass is 205 g/mol. The molecule has 0 saturated heterocycles. The van der Waals surface area contributed by atoms with Gasteiger partial charge in [0.15, 0.2) is 5.78 Å². The van der Waals surface area contributed by atoms with Crippen LogP contribution in [0.4, 0.5) is 11.4 Å². The summed E-state index contributed by atoms with van der Waals surface area (Å²) < 4.78 is 0. The predicted octanol–water partition coefficient (Wildman–Crippen LogP) is 3.16. The molecule has 0 aliphatic rings. The van der Waals surface area contributed by atoms with Crippen molar-refractivity contribution in [1.82, 2.24) is 0 Å². The number of carbonyl (C=O) groups excluding carboxylic acids is 1. The van der Waals surface area contributed by atoms with Crippen LogP contribution in [0.5, 0.6) is 0 Å². The third-order valence-electron chi connectivity index (χ3n) is 2.09. The summed E-state index contributed by atoms with van der Waals surface area (Å²) in [6, 6.07) is 4.81. The van der Waals surface area contributed by atoms with Crippen LogP contribution in [0.2, 0.25) is 0 Å². The Kier molecular flexibility index (Phi) is 2.88. The number of nitrogens with one attached hydrogen (secondary N) is 1. The summed E-state index contributed by atoms with van der Waals surface area (Å²) in [5, 5.41) is 3.25. The lowest BCUT2D eigenvalue weighted by atomic mass is 9.86. The lowest BCUT2D eigenvalue weighted by Gasteiger charge is -2.16. The van der Waals surface area contributed by atoms with Gasteiger partial charge in [0.05, 0.1) is 5.69 Å². The number of benzene rings is 1. The summed E-state index contributed by atoms with van der Waals surface area (Å²) in [4.78, 5) is 11.9. The first-order valence-corrected chi connectivity index (χ1v) is 4.68. The molecule has 0 saturated carbocycles. The second kappa shape index (κ2) is 3.81. The Bertz CT molecular complexity index is 405. The summed E-state index contributed by atoms with van der Waals surface area (Å²) in [5.74, 6) is 0.0331. The van der Waals surface area contributed by atoms with Gasteiger partial charge in [-0.15, -0.1) is 0 Å².